The molecule has 0 spiro atoms. The Kier molecular flexibility index (Phi) is 6.00. The van der Waals surface area contributed by atoms with E-state index in [-0.39, 0.29) is 11.6 Å². The summed E-state index contributed by atoms with van der Waals surface area (Å²) in [5, 5.41) is 10.1. The lowest BCUT2D eigenvalue weighted by atomic mass is 10.0. The largest absolute Gasteiger partial charge is 0.416 e. The summed E-state index contributed by atoms with van der Waals surface area (Å²) in [7, 11) is 0. The molecule has 1 aliphatic rings. The number of aliphatic hydroxyl groups is 1. The van der Waals surface area contributed by atoms with Gasteiger partial charge in [-0.05, 0) is 30.7 Å². The summed E-state index contributed by atoms with van der Waals surface area (Å²) >= 11 is 5.66. The number of nitrogens with zero attached hydrogens (tertiary/aromatic N) is 3. The molecule has 0 saturated carbocycles. The van der Waals surface area contributed by atoms with Gasteiger partial charge in [0, 0.05) is 12.7 Å². The molecule has 0 radical (unpaired) electrons. The van der Waals surface area contributed by atoms with Crippen molar-refractivity contribution in [2.75, 3.05) is 11.4 Å². The first kappa shape index (κ1) is 22.0. The second kappa shape index (κ2) is 8.19. The highest BCUT2D eigenvalue weighted by atomic mass is 35.5. The van der Waals surface area contributed by atoms with Crippen LogP contribution in [0.25, 0.3) is 0 Å². The summed E-state index contributed by atoms with van der Waals surface area (Å²) in [5.41, 5.74) is -0.520. The highest BCUT2D eigenvalue weighted by Crippen LogP contribution is 2.30. The number of hydrogen-bond acceptors (Lipinski definition) is 4. The van der Waals surface area contributed by atoms with Crippen LogP contribution in [0.15, 0.2) is 36.5 Å². The number of aromatic nitrogens is 1. The lowest BCUT2D eigenvalue weighted by Crippen LogP contribution is -2.63. The van der Waals surface area contributed by atoms with Crippen LogP contribution in [0.1, 0.15) is 18.1 Å². The predicted molar refractivity (Wildman–Crippen MR) is 99.0 cm³/mol. The van der Waals surface area contributed by atoms with Gasteiger partial charge in [-0.3, -0.25) is 14.5 Å². The van der Waals surface area contributed by atoms with E-state index in [4.69, 9.17) is 11.6 Å². The number of halogens is 5. The molecular weight excluding hydrogens is 430 g/mol. The van der Waals surface area contributed by atoms with E-state index in [2.05, 4.69) is 4.98 Å². The van der Waals surface area contributed by atoms with Crippen LogP contribution in [0.2, 0.25) is 5.02 Å². The summed E-state index contributed by atoms with van der Waals surface area (Å²) in [6, 6.07) is 3.67. The van der Waals surface area contributed by atoms with Crippen molar-refractivity contribution in [2.45, 2.75) is 31.8 Å². The van der Waals surface area contributed by atoms with Gasteiger partial charge in [0.2, 0.25) is 5.91 Å². The highest BCUT2D eigenvalue weighted by Gasteiger charge is 2.43. The first-order valence-corrected chi connectivity index (χ1v) is 9.13. The number of pyridine rings is 1. The molecule has 2 amide bonds. The second-order valence-electron chi connectivity index (χ2n) is 6.79. The quantitative estimate of drug-likeness (QED) is 0.734. The van der Waals surface area contributed by atoms with Crippen LogP contribution in [-0.4, -0.2) is 45.5 Å². The molecular formula is C19H16ClF4N3O3. The maximum atomic E-state index is 14.2. The van der Waals surface area contributed by atoms with E-state index in [1.807, 2.05) is 0 Å². The van der Waals surface area contributed by atoms with E-state index in [1.54, 1.807) is 0 Å². The molecule has 2 aromatic rings. The average Bonchev–Trinajstić information content (AvgIpc) is 2.64. The number of carbonyl (C=O) groups is 2. The van der Waals surface area contributed by atoms with Crippen molar-refractivity contribution in [2.24, 2.45) is 0 Å². The molecule has 1 N–H and O–H groups in total. The van der Waals surface area contributed by atoms with Crippen molar-refractivity contribution < 1.29 is 32.3 Å². The molecule has 11 heteroatoms. The van der Waals surface area contributed by atoms with Gasteiger partial charge in [-0.15, -0.1) is 0 Å². The van der Waals surface area contributed by atoms with Crippen LogP contribution in [0.3, 0.4) is 0 Å². The summed E-state index contributed by atoms with van der Waals surface area (Å²) in [4.78, 5) is 31.3. The molecule has 0 bridgehead atoms. The molecule has 0 aliphatic carbocycles. The first-order valence-electron chi connectivity index (χ1n) is 8.75. The zero-order chi connectivity index (χ0) is 22.2. The number of piperazine rings is 1. The summed E-state index contributed by atoms with van der Waals surface area (Å²) in [5.74, 6) is -2.72. The van der Waals surface area contributed by atoms with Gasteiger partial charge < -0.3 is 10.0 Å². The minimum Gasteiger partial charge on any atom is -0.391 e. The predicted octanol–water partition coefficient (Wildman–Crippen LogP) is 3.02. The highest BCUT2D eigenvalue weighted by molar-refractivity contribution is 6.30. The van der Waals surface area contributed by atoms with Crippen molar-refractivity contribution in [3.8, 4) is 0 Å². The summed E-state index contributed by atoms with van der Waals surface area (Å²) in [6.07, 6.45) is -4.72. The van der Waals surface area contributed by atoms with Gasteiger partial charge in [0.1, 0.15) is 12.6 Å². The number of alkyl halides is 3. The van der Waals surface area contributed by atoms with Gasteiger partial charge in [-0.25, -0.2) is 9.37 Å². The summed E-state index contributed by atoms with van der Waals surface area (Å²) in [6.45, 7) is 0.529. The van der Waals surface area contributed by atoms with Crippen LogP contribution in [-0.2, 0) is 22.3 Å². The minimum absolute atomic E-state index is 0.00282. The van der Waals surface area contributed by atoms with Gasteiger partial charge in [-0.1, -0.05) is 23.7 Å². The third kappa shape index (κ3) is 4.39. The van der Waals surface area contributed by atoms with Gasteiger partial charge in [0.05, 0.1) is 16.7 Å². The molecule has 1 fully saturated rings. The van der Waals surface area contributed by atoms with E-state index in [0.29, 0.717) is 5.56 Å². The molecule has 160 valence electrons. The maximum Gasteiger partial charge on any atom is 0.416 e. The number of carbonyl (C=O) groups excluding carboxylic acids is 2. The van der Waals surface area contributed by atoms with Crippen molar-refractivity contribution in [1.29, 1.82) is 0 Å². The van der Waals surface area contributed by atoms with Gasteiger partial charge in [0.15, 0.2) is 11.6 Å². The number of aliphatic hydroxyl groups excluding tert-OH is 1. The molecule has 3 rings (SSSR count). The first-order chi connectivity index (χ1) is 14.0. The van der Waals surface area contributed by atoms with Crippen LogP contribution in [0, 0.1) is 5.82 Å². The van der Waals surface area contributed by atoms with E-state index in [1.165, 1.54) is 19.1 Å². The Bertz CT molecular complexity index is 966. The topological polar surface area (TPSA) is 73.7 Å². The van der Waals surface area contributed by atoms with Gasteiger partial charge in [-0.2, -0.15) is 13.2 Å². The Hall–Kier alpha value is -2.72. The average molecular weight is 446 g/mol. The molecule has 1 aromatic heterocycles. The van der Waals surface area contributed by atoms with E-state index in [9.17, 15) is 32.3 Å². The third-order valence-electron chi connectivity index (χ3n) is 4.60. The monoisotopic (exact) mass is 445 g/mol. The molecule has 1 aliphatic heterocycles. The van der Waals surface area contributed by atoms with Crippen molar-refractivity contribution >= 4 is 29.2 Å². The Morgan fingerprint density at radius 1 is 1.27 bits per heavy atom. The molecule has 1 saturated heterocycles. The number of rotatable bonds is 4. The van der Waals surface area contributed by atoms with E-state index < -0.39 is 53.9 Å². The summed E-state index contributed by atoms with van der Waals surface area (Å²) < 4.78 is 52.4. The molecule has 0 unspecified atom stereocenters. The van der Waals surface area contributed by atoms with Crippen molar-refractivity contribution in [3.63, 3.8) is 0 Å². The molecule has 2 atom stereocenters. The smallest absolute Gasteiger partial charge is 0.391 e. The van der Waals surface area contributed by atoms with E-state index >= 15 is 0 Å². The Morgan fingerprint density at radius 2 is 1.90 bits per heavy atom. The standard InChI is InChI=1S/C19H16ClF4N3O3/c1-10(28)16-18(30)27(17-14(21)6-13(20)7-25-17)9-15(29)26(16)8-11-2-4-12(5-3-11)19(22,23)24/h2-7,10,16,28H,8-9H2,1H3/t10-,16-/m0/s1. The van der Waals surface area contributed by atoms with Crippen molar-refractivity contribution in [3.05, 3.63) is 58.5 Å². The van der Waals surface area contributed by atoms with Crippen LogP contribution >= 0.6 is 11.6 Å². The lowest BCUT2D eigenvalue weighted by molar-refractivity contribution is -0.148. The normalized spacial score (nSPS) is 18.7. The third-order valence-corrected chi connectivity index (χ3v) is 4.81. The van der Waals surface area contributed by atoms with Crippen molar-refractivity contribution in [1.82, 2.24) is 9.88 Å². The fourth-order valence-electron chi connectivity index (χ4n) is 3.19. The van der Waals surface area contributed by atoms with Gasteiger partial charge >= 0.3 is 6.18 Å². The molecule has 30 heavy (non-hydrogen) atoms. The van der Waals surface area contributed by atoms with E-state index in [0.717, 1.165) is 34.2 Å². The fourth-order valence-corrected chi connectivity index (χ4v) is 3.33. The van der Waals surface area contributed by atoms with Crippen LogP contribution in [0.5, 0.6) is 0 Å². The molecule has 1 aromatic carbocycles. The Labute approximate surface area is 173 Å². The zero-order valence-electron chi connectivity index (χ0n) is 15.5. The fraction of sp³-hybridized carbons (Fsp3) is 0.316. The Balaban J connectivity index is 1.88. The molecule has 6 nitrogen and oxygen atoms in total. The second-order valence-corrected chi connectivity index (χ2v) is 7.22. The number of benzene rings is 1. The lowest BCUT2D eigenvalue weighted by Gasteiger charge is -2.41. The SMILES string of the molecule is C[C@H](O)[C@H]1C(=O)N(c2ncc(Cl)cc2F)CC(=O)N1Cc1ccc(C(F)(F)F)cc1. The molecule has 2 heterocycles. The van der Waals surface area contributed by atoms with Gasteiger partial charge in [0.25, 0.3) is 5.91 Å². The number of hydrogen-bond donors (Lipinski definition) is 1. The zero-order valence-corrected chi connectivity index (χ0v) is 16.3. The number of anilines is 1. The minimum atomic E-state index is -4.51. The maximum absolute atomic E-state index is 14.2. The van der Waals surface area contributed by atoms with Crippen LogP contribution in [0.4, 0.5) is 23.4 Å². The number of amides is 2. The Morgan fingerprint density at radius 3 is 2.43 bits per heavy atom. The van der Waals surface area contributed by atoms with Crippen LogP contribution < -0.4 is 4.90 Å².